The van der Waals surface area contributed by atoms with E-state index in [2.05, 4.69) is 22.0 Å². The minimum Gasteiger partial charge on any atom is -0.440 e. The second kappa shape index (κ2) is 6.90. The Hall–Kier alpha value is -2.51. The van der Waals surface area contributed by atoms with E-state index in [-0.39, 0.29) is 12.0 Å². The Morgan fingerprint density at radius 2 is 2.07 bits per heavy atom. The zero-order valence-corrected chi connectivity index (χ0v) is 15.9. The van der Waals surface area contributed by atoms with Gasteiger partial charge in [-0.25, -0.2) is 4.98 Å². The van der Waals surface area contributed by atoms with Gasteiger partial charge in [0, 0.05) is 12.5 Å². The molecule has 1 fully saturated rings. The fraction of sp³-hybridized carbons (Fsp3) is 0.350. The van der Waals surface area contributed by atoms with E-state index >= 15 is 0 Å². The molecular formula is C20H20N4O2S. The van der Waals surface area contributed by atoms with Crippen molar-refractivity contribution in [1.82, 2.24) is 20.1 Å². The standard InChI is InChI=1S/C20H20N4O2S/c1-13(18-22-23-20(26-18)17-9-5-11-27-17)24-10-4-6-14(12-24)19-21-15-7-2-3-8-16(15)25-19/h2-3,5,7-9,11,13-14H,4,6,10,12H2,1H3/t13-,14+/m0/s1. The minimum absolute atomic E-state index is 0.0680. The van der Waals surface area contributed by atoms with Crippen molar-refractivity contribution in [3.8, 4) is 10.8 Å². The lowest BCUT2D eigenvalue weighted by Gasteiger charge is -2.34. The average Bonchev–Trinajstić information content (AvgIpc) is 3.47. The molecule has 1 aromatic carbocycles. The van der Waals surface area contributed by atoms with E-state index in [0.29, 0.717) is 11.8 Å². The second-order valence-electron chi connectivity index (χ2n) is 6.95. The summed E-state index contributed by atoms with van der Waals surface area (Å²) >= 11 is 1.61. The maximum atomic E-state index is 6.01. The molecule has 0 unspecified atom stereocenters. The quantitative estimate of drug-likeness (QED) is 0.503. The van der Waals surface area contributed by atoms with Gasteiger partial charge in [0.25, 0.3) is 5.89 Å². The predicted octanol–water partition coefficient (Wildman–Crippen LogP) is 4.88. The zero-order chi connectivity index (χ0) is 18.2. The van der Waals surface area contributed by atoms with Crippen LogP contribution in [0.25, 0.3) is 21.9 Å². The molecule has 0 saturated carbocycles. The van der Waals surface area contributed by atoms with Gasteiger partial charge in [0.1, 0.15) is 5.52 Å². The van der Waals surface area contributed by atoms with E-state index in [1.54, 1.807) is 11.3 Å². The Bertz CT molecular complexity index is 1010. The molecule has 1 aliphatic rings. The van der Waals surface area contributed by atoms with Crippen LogP contribution >= 0.6 is 11.3 Å². The highest BCUT2D eigenvalue weighted by atomic mass is 32.1. The molecular weight excluding hydrogens is 360 g/mol. The van der Waals surface area contributed by atoms with Gasteiger partial charge in [-0.1, -0.05) is 18.2 Å². The summed E-state index contributed by atoms with van der Waals surface area (Å²) in [6.45, 7) is 4.01. The molecule has 7 heteroatoms. The van der Waals surface area contributed by atoms with Crippen LogP contribution < -0.4 is 0 Å². The molecule has 138 valence electrons. The number of oxazole rings is 1. The molecule has 5 rings (SSSR count). The van der Waals surface area contributed by atoms with Crippen LogP contribution in [0.5, 0.6) is 0 Å². The van der Waals surface area contributed by atoms with Crippen LogP contribution in [0.15, 0.2) is 50.6 Å². The van der Waals surface area contributed by atoms with Gasteiger partial charge < -0.3 is 8.83 Å². The van der Waals surface area contributed by atoms with E-state index < -0.39 is 0 Å². The van der Waals surface area contributed by atoms with Crippen molar-refractivity contribution in [2.75, 3.05) is 13.1 Å². The number of aromatic nitrogens is 3. The van der Waals surface area contributed by atoms with Crippen molar-refractivity contribution >= 4 is 22.4 Å². The molecule has 0 radical (unpaired) electrons. The first kappa shape index (κ1) is 16.6. The van der Waals surface area contributed by atoms with Gasteiger partial charge in [0.2, 0.25) is 5.89 Å². The van der Waals surface area contributed by atoms with Crippen molar-refractivity contribution in [2.24, 2.45) is 0 Å². The number of piperidine rings is 1. The van der Waals surface area contributed by atoms with Crippen LogP contribution in [-0.2, 0) is 0 Å². The molecule has 0 spiro atoms. The molecule has 4 aromatic rings. The first-order valence-electron chi connectivity index (χ1n) is 9.25. The molecule has 27 heavy (non-hydrogen) atoms. The molecule has 4 heterocycles. The minimum atomic E-state index is 0.0680. The van der Waals surface area contributed by atoms with Crippen molar-refractivity contribution in [1.29, 1.82) is 0 Å². The lowest BCUT2D eigenvalue weighted by molar-refractivity contribution is 0.131. The summed E-state index contributed by atoms with van der Waals surface area (Å²) in [5.41, 5.74) is 1.78. The highest BCUT2D eigenvalue weighted by molar-refractivity contribution is 7.13. The van der Waals surface area contributed by atoms with Crippen molar-refractivity contribution in [3.05, 3.63) is 53.6 Å². The number of likely N-dealkylation sites (tertiary alicyclic amines) is 1. The normalized spacial score (nSPS) is 19.5. The van der Waals surface area contributed by atoms with Gasteiger partial charge in [-0.05, 0) is 49.9 Å². The van der Waals surface area contributed by atoms with Gasteiger partial charge in [0.05, 0.1) is 10.9 Å². The number of rotatable bonds is 4. The summed E-state index contributed by atoms with van der Waals surface area (Å²) in [5, 5.41) is 10.5. The number of fused-ring (bicyclic) bond motifs is 1. The molecule has 0 N–H and O–H groups in total. The third kappa shape index (κ3) is 3.17. The van der Waals surface area contributed by atoms with Crippen molar-refractivity contribution in [3.63, 3.8) is 0 Å². The Kier molecular flexibility index (Phi) is 4.26. The number of nitrogens with zero attached hydrogens (tertiary/aromatic N) is 4. The number of hydrogen-bond donors (Lipinski definition) is 0. The number of hydrogen-bond acceptors (Lipinski definition) is 7. The Balaban J connectivity index is 1.34. The first-order valence-corrected chi connectivity index (χ1v) is 10.1. The third-order valence-electron chi connectivity index (χ3n) is 5.19. The topological polar surface area (TPSA) is 68.2 Å². The summed E-state index contributed by atoms with van der Waals surface area (Å²) < 4.78 is 11.9. The highest BCUT2D eigenvalue weighted by Gasteiger charge is 2.30. The van der Waals surface area contributed by atoms with Crippen LogP contribution in [0.1, 0.15) is 43.5 Å². The zero-order valence-electron chi connectivity index (χ0n) is 15.0. The smallest absolute Gasteiger partial charge is 0.257 e. The van der Waals surface area contributed by atoms with E-state index in [1.807, 2.05) is 41.8 Å². The largest absolute Gasteiger partial charge is 0.440 e. The SMILES string of the molecule is C[C@@H](c1nnc(-c2cccs2)o1)N1CCC[C@@H](c2nc3ccccc3o2)C1. The van der Waals surface area contributed by atoms with E-state index in [1.165, 1.54) is 0 Å². The fourth-order valence-electron chi connectivity index (χ4n) is 3.68. The number of benzene rings is 1. The monoisotopic (exact) mass is 380 g/mol. The summed E-state index contributed by atoms with van der Waals surface area (Å²) in [6.07, 6.45) is 2.18. The van der Waals surface area contributed by atoms with Crippen molar-refractivity contribution in [2.45, 2.75) is 31.7 Å². The Morgan fingerprint density at radius 3 is 2.93 bits per heavy atom. The van der Waals surface area contributed by atoms with Crippen LogP contribution in [0.4, 0.5) is 0 Å². The van der Waals surface area contributed by atoms with Gasteiger partial charge in [-0.2, -0.15) is 0 Å². The molecule has 1 saturated heterocycles. The second-order valence-corrected chi connectivity index (χ2v) is 7.90. The first-order chi connectivity index (χ1) is 13.3. The third-order valence-corrected chi connectivity index (χ3v) is 6.05. The Morgan fingerprint density at radius 1 is 1.15 bits per heavy atom. The van der Waals surface area contributed by atoms with Crippen LogP contribution in [0.3, 0.4) is 0 Å². The van der Waals surface area contributed by atoms with E-state index in [9.17, 15) is 0 Å². The van der Waals surface area contributed by atoms with Gasteiger partial charge in [-0.3, -0.25) is 4.90 Å². The average molecular weight is 380 g/mol. The van der Waals surface area contributed by atoms with Gasteiger partial charge in [-0.15, -0.1) is 21.5 Å². The van der Waals surface area contributed by atoms with Gasteiger partial charge in [0.15, 0.2) is 11.5 Å². The molecule has 3 aromatic heterocycles. The maximum Gasteiger partial charge on any atom is 0.257 e. The molecule has 0 aliphatic carbocycles. The molecule has 6 nitrogen and oxygen atoms in total. The predicted molar refractivity (Wildman–Crippen MR) is 104 cm³/mol. The van der Waals surface area contributed by atoms with E-state index in [4.69, 9.17) is 13.8 Å². The lowest BCUT2D eigenvalue weighted by atomic mass is 9.97. The van der Waals surface area contributed by atoms with Crippen LogP contribution in [0, 0.1) is 0 Å². The summed E-state index contributed by atoms with van der Waals surface area (Å²) in [6, 6.07) is 12.0. The maximum absolute atomic E-state index is 6.01. The van der Waals surface area contributed by atoms with Gasteiger partial charge >= 0.3 is 0 Å². The van der Waals surface area contributed by atoms with Crippen LogP contribution in [0.2, 0.25) is 0 Å². The number of para-hydroxylation sites is 2. The van der Waals surface area contributed by atoms with E-state index in [0.717, 1.165) is 47.8 Å². The highest BCUT2D eigenvalue weighted by Crippen LogP contribution is 2.33. The summed E-state index contributed by atoms with van der Waals surface area (Å²) in [5.74, 6) is 2.38. The summed E-state index contributed by atoms with van der Waals surface area (Å²) in [4.78, 5) is 8.08. The molecule has 2 atom stereocenters. The fourth-order valence-corrected chi connectivity index (χ4v) is 4.33. The number of thiophene rings is 1. The Labute approximate surface area is 160 Å². The van der Waals surface area contributed by atoms with Crippen molar-refractivity contribution < 1.29 is 8.83 Å². The van der Waals surface area contributed by atoms with Crippen LogP contribution in [-0.4, -0.2) is 33.2 Å². The lowest BCUT2D eigenvalue weighted by Crippen LogP contribution is -2.36. The molecule has 1 aliphatic heterocycles. The summed E-state index contributed by atoms with van der Waals surface area (Å²) in [7, 11) is 0. The molecule has 0 bridgehead atoms. The molecule has 0 amide bonds.